The van der Waals surface area contributed by atoms with E-state index in [-0.39, 0.29) is 34.8 Å². The average Bonchev–Trinajstić information content (AvgIpc) is 3.13. The molecular weight excluding hydrogens is 468 g/mol. The van der Waals surface area contributed by atoms with E-state index in [9.17, 15) is 19.2 Å². The third-order valence-electron chi connectivity index (χ3n) is 6.18. The van der Waals surface area contributed by atoms with Crippen molar-refractivity contribution in [3.63, 3.8) is 0 Å². The minimum absolute atomic E-state index is 0.273. The largest absolute Gasteiger partial charge is 0.457 e. The van der Waals surface area contributed by atoms with Gasteiger partial charge in [0.2, 0.25) is 0 Å². The van der Waals surface area contributed by atoms with Crippen molar-refractivity contribution in [3.05, 3.63) is 58.7 Å². The molecule has 8 nitrogen and oxygen atoms in total. The van der Waals surface area contributed by atoms with Gasteiger partial charge in [0.05, 0.1) is 22.3 Å². The van der Waals surface area contributed by atoms with Crippen molar-refractivity contribution in [2.24, 2.45) is 0 Å². The highest BCUT2D eigenvalue weighted by Crippen LogP contribution is 2.33. The van der Waals surface area contributed by atoms with Crippen molar-refractivity contribution in [2.45, 2.75) is 39.2 Å². The molecule has 0 aromatic heterocycles. The molecule has 34 heavy (non-hydrogen) atoms. The van der Waals surface area contributed by atoms with E-state index in [1.807, 2.05) is 13.1 Å². The quantitative estimate of drug-likeness (QED) is 0.419. The molecule has 0 fully saturated rings. The van der Waals surface area contributed by atoms with E-state index in [0.717, 1.165) is 10.9 Å². The second kappa shape index (κ2) is 8.29. The monoisotopic (exact) mass is 496 g/mol. The number of fused-ring (bicyclic) bond motifs is 2. The van der Waals surface area contributed by atoms with E-state index in [4.69, 9.17) is 8.85 Å². The Kier molecular flexibility index (Phi) is 5.87. The zero-order valence-corrected chi connectivity index (χ0v) is 22.2. The first-order valence-corrected chi connectivity index (χ1v) is 17.4. The fourth-order valence-corrected chi connectivity index (χ4v) is 12.1. The maximum Gasteiger partial charge on any atom is 0.261 e. The summed E-state index contributed by atoms with van der Waals surface area (Å²) in [6, 6.07) is 10.4. The van der Waals surface area contributed by atoms with Crippen LogP contribution in [0.5, 0.6) is 11.5 Å². The summed E-state index contributed by atoms with van der Waals surface area (Å²) in [5, 5.41) is 0. The van der Waals surface area contributed by atoms with Gasteiger partial charge in [0.1, 0.15) is 11.5 Å². The first kappa shape index (κ1) is 24.1. The number of imide groups is 2. The standard InChI is InChI=1S/C24H28N2O6Si2/c1-7-33(3,4)32-34(5,6)14-26-23(29)18-11-9-16(13-20(18)24(26)30)31-15-8-10-17-19(12-15)22(28)25(2)21(17)27/h8-13H,7,14H2,1-6H3. The third-order valence-corrected chi connectivity index (χ3v) is 13.4. The topological polar surface area (TPSA) is 93.2 Å². The molecule has 0 atom stereocenters. The van der Waals surface area contributed by atoms with Gasteiger partial charge in [-0.2, -0.15) is 0 Å². The average molecular weight is 497 g/mol. The molecule has 0 unspecified atom stereocenters. The van der Waals surface area contributed by atoms with Crippen LogP contribution in [0.3, 0.4) is 0 Å². The van der Waals surface area contributed by atoms with Gasteiger partial charge in [-0.05, 0) is 68.6 Å². The summed E-state index contributed by atoms with van der Waals surface area (Å²) in [5.74, 6) is -0.706. The van der Waals surface area contributed by atoms with E-state index in [2.05, 4.69) is 20.0 Å². The van der Waals surface area contributed by atoms with Crippen LogP contribution in [0.4, 0.5) is 0 Å². The molecule has 4 rings (SSSR count). The van der Waals surface area contributed by atoms with Crippen molar-refractivity contribution >= 4 is 40.3 Å². The number of carbonyl (C=O) groups excluding carboxylic acids is 4. The van der Waals surface area contributed by atoms with Crippen LogP contribution in [0, 0.1) is 0 Å². The van der Waals surface area contributed by atoms with Crippen LogP contribution < -0.4 is 4.74 Å². The Balaban J connectivity index is 1.54. The molecule has 2 aromatic rings. The molecule has 0 radical (unpaired) electrons. The molecular formula is C24H28N2O6Si2. The van der Waals surface area contributed by atoms with Gasteiger partial charge in [-0.3, -0.25) is 29.0 Å². The molecule has 0 spiro atoms. The lowest BCUT2D eigenvalue weighted by molar-refractivity contribution is 0.0665. The van der Waals surface area contributed by atoms with Crippen LogP contribution in [-0.4, -0.2) is 63.3 Å². The van der Waals surface area contributed by atoms with E-state index in [1.54, 1.807) is 30.3 Å². The number of rotatable bonds is 7. The van der Waals surface area contributed by atoms with Gasteiger partial charge in [0.15, 0.2) is 16.6 Å². The molecule has 0 saturated carbocycles. The smallest absolute Gasteiger partial charge is 0.261 e. The predicted octanol–water partition coefficient (Wildman–Crippen LogP) is 4.29. The van der Waals surface area contributed by atoms with Crippen LogP contribution in [0.15, 0.2) is 36.4 Å². The second-order valence-electron chi connectivity index (χ2n) is 9.86. The fraction of sp³-hybridized carbons (Fsp3) is 0.333. The number of hydrogen-bond donors (Lipinski definition) is 0. The Hall–Kier alpha value is -3.09. The molecule has 4 amide bonds. The van der Waals surface area contributed by atoms with Gasteiger partial charge in [-0.25, -0.2) is 0 Å². The normalized spacial score (nSPS) is 15.8. The summed E-state index contributed by atoms with van der Waals surface area (Å²) >= 11 is 0. The second-order valence-corrected chi connectivity index (χ2v) is 18.7. The van der Waals surface area contributed by atoms with E-state index in [0.29, 0.717) is 28.8 Å². The number of amides is 4. The van der Waals surface area contributed by atoms with Crippen LogP contribution in [0.2, 0.25) is 32.2 Å². The maximum absolute atomic E-state index is 13.1. The molecule has 2 aliphatic heterocycles. The Morgan fingerprint density at radius 3 is 1.74 bits per heavy atom. The highest BCUT2D eigenvalue weighted by molar-refractivity contribution is 6.85. The Bertz CT molecular complexity index is 1240. The molecule has 0 bridgehead atoms. The summed E-state index contributed by atoms with van der Waals surface area (Å²) in [5.41, 5.74) is 1.22. The van der Waals surface area contributed by atoms with E-state index >= 15 is 0 Å². The SMILES string of the molecule is CC[Si](C)(C)O[Si](C)(C)CN1C(=O)c2ccc(Oc3ccc4c(c3)C(=O)N(C)C4=O)cc2C1=O. The summed E-state index contributed by atoms with van der Waals surface area (Å²) in [6.45, 7) is 10.5. The minimum Gasteiger partial charge on any atom is -0.457 e. The minimum atomic E-state index is -2.30. The summed E-state index contributed by atoms with van der Waals surface area (Å²) in [4.78, 5) is 52.8. The number of benzene rings is 2. The number of carbonyl (C=O) groups is 4. The lowest BCUT2D eigenvalue weighted by Crippen LogP contribution is -2.52. The summed E-state index contributed by atoms with van der Waals surface area (Å²) < 4.78 is 12.3. The van der Waals surface area contributed by atoms with Crippen LogP contribution in [0.25, 0.3) is 0 Å². The molecule has 0 saturated heterocycles. The van der Waals surface area contributed by atoms with Crippen LogP contribution in [0.1, 0.15) is 48.4 Å². The van der Waals surface area contributed by atoms with E-state index in [1.165, 1.54) is 18.0 Å². The summed E-state index contributed by atoms with van der Waals surface area (Å²) in [6.07, 6.45) is 0.292. The van der Waals surface area contributed by atoms with Gasteiger partial charge in [0, 0.05) is 13.2 Å². The zero-order valence-electron chi connectivity index (χ0n) is 20.2. The highest BCUT2D eigenvalue weighted by Gasteiger charge is 2.42. The Labute approximate surface area is 200 Å². The van der Waals surface area contributed by atoms with Crippen molar-refractivity contribution in [1.29, 1.82) is 0 Å². The lowest BCUT2D eigenvalue weighted by Gasteiger charge is -2.35. The number of ether oxygens (including phenoxy) is 1. The van der Waals surface area contributed by atoms with Gasteiger partial charge < -0.3 is 8.85 Å². The molecule has 0 aliphatic carbocycles. The summed E-state index contributed by atoms with van der Waals surface area (Å²) in [7, 11) is -2.70. The van der Waals surface area contributed by atoms with Crippen molar-refractivity contribution in [1.82, 2.24) is 9.80 Å². The molecule has 0 N–H and O–H groups in total. The first-order valence-electron chi connectivity index (χ1n) is 11.2. The van der Waals surface area contributed by atoms with Gasteiger partial charge in [-0.1, -0.05) is 6.92 Å². The first-order chi connectivity index (χ1) is 15.8. The van der Waals surface area contributed by atoms with Gasteiger partial charge in [-0.15, -0.1) is 0 Å². The van der Waals surface area contributed by atoms with Gasteiger partial charge >= 0.3 is 0 Å². The van der Waals surface area contributed by atoms with Crippen molar-refractivity contribution in [2.75, 3.05) is 13.2 Å². The van der Waals surface area contributed by atoms with E-state index < -0.39 is 16.6 Å². The highest BCUT2D eigenvalue weighted by atomic mass is 28.4. The fourth-order valence-electron chi connectivity index (χ4n) is 4.25. The molecule has 2 aromatic carbocycles. The number of hydrogen-bond acceptors (Lipinski definition) is 6. The van der Waals surface area contributed by atoms with Crippen molar-refractivity contribution < 1.29 is 28.0 Å². The number of nitrogens with zero attached hydrogens (tertiary/aromatic N) is 2. The van der Waals surface area contributed by atoms with Gasteiger partial charge in [0.25, 0.3) is 23.6 Å². The Morgan fingerprint density at radius 1 is 0.706 bits per heavy atom. The Morgan fingerprint density at radius 2 is 1.18 bits per heavy atom. The lowest BCUT2D eigenvalue weighted by atomic mass is 10.1. The maximum atomic E-state index is 13.1. The van der Waals surface area contributed by atoms with Crippen LogP contribution >= 0.6 is 0 Å². The molecule has 2 aliphatic rings. The predicted molar refractivity (Wildman–Crippen MR) is 131 cm³/mol. The molecule has 2 heterocycles. The third kappa shape index (κ3) is 4.24. The van der Waals surface area contributed by atoms with Crippen molar-refractivity contribution in [3.8, 4) is 11.5 Å². The van der Waals surface area contributed by atoms with Crippen LogP contribution in [-0.2, 0) is 4.12 Å². The molecule has 10 heteroatoms. The zero-order chi connectivity index (χ0) is 25.0. The molecule has 178 valence electrons.